The number of carbonyl (C=O) groups excluding carboxylic acids is 1. The first-order chi connectivity index (χ1) is 17.0. The number of unbranched alkanes of at least 4 members (excludes halogenated alkanes) is 1. The van der Waals surface area contributed by atoms with Crippen LogP contribution < -0.4 is 10.1 Å². The molecule has 1 unspecified atom stereocenters. The van der Waals surface area contributed by atoms with Gasteiger partial charge in [0.2, 0.25) is 11.1 Å². The van der Waals surface area contributed by atoms with Crippen LogP contribution in [0.15, 0.2) is 69.4 Å². The fraction of sp³-hybridized carbons (Fsp3) is 0.346. The van der Waals surface area contributed by atoms with Gasteiger partial charge in [-0.25, -0.2) is 9.48 Å². The predicted molar refractivity (Wildman–Crippen MR) is 142 cm³/mol. The van der Waals surface area contributed by atoms with Gasteiger partial charge in [0.05, 0.1) is 12.2 Å². The van der Waals surface area contributed by atoms with Gasteiger partial charge < -0.3 is 14.8 Å². The first kappa shape index (κ1) is 25.3. The minimum atomic E-state index is -0.553. The maximum atomic E-state index is 13.5. The Morgan fingerprint density at radius 1 is 1.20 bits per heavy atom. The Morgan fingerprint density at radius 3 is 2.74 bits per heavy atom. The summed E-state index contributed by atoms with van der Waals surface area (Å²) < 4.78 is 14.6. The number of halogens is 1. The number of carbonyl (C=O) groups is 1. The molecule has 2 heterocycles. The number of thioether (sulfide) groups is 1. The number of anilines is 1. The lowest BCUT2D eigenvalue weighted by atomic mass is 9.95. The summed E-state index contributed by atoms with van der Waals surface area (Å²) in [4.78, 5) is 18.2. The van der Waals surface area contributed by atoms with E-state index < -0.39 is 12.0 Å². The van der Waals surface area contributed by atoms with Crippen LogP contribution in [-0.2, 0) is 16.1 Å². The van der Waals surface area contributed by atoms with E-state index >= 15 is 0 Å². The van der Waals surface area contributed by atoms with E-state index in [1.54, 1.807) is 16.4 Å². The molecule has 1 aromatic heterocycles. The van der Waals surface area contributed by atoms with E-state index in [2.05, 4.69) is 40.1 Å². The van der Waals surface area contributed by atoms with Crippen molar-refractivity contribution in [2.75, 3.05) is 17.7 Å². The van der Waals surface area contributed by atoms with Gasteiger partial charge in [0.25, 0.3) is 0 Å². The van der Waals surface area contributed by atoms with Gasteiger partial charge in [-0.05, 0) is 42.9 Å². The van der Waals surface area contributed by atoms with Crippen LogP contribution in [0.4, 0.5) is 5.95 Å². The van der Waals surface area contributed by atoms with Crippen LogP contribution >= 0.6 is 27.7 Å². The quantitative estimate of drug-likeness (QED) is 0.177. The summed E-state index contributed by atoms with van der Waals surface area (Å²) in [6.07, 6.45) is 1.97. The lowest BCUT2D eigenvalue weighted by Crippen LogP contribution is -2.30. The van der Waals surface area contributed by atoms with Gasteiger partial charge >= 0.3 is 5.97 Å². The number of hydrogen-bond donors (Lipinski definition) is 1. The number of ether oxygens (including phenoxy) is 2. The molecule has 2 aromatic carbocycles. The number of allylic oxidation sites excluding steroid dienone is 1. The zero-order valence-electron chi connectivity index (χ0n) is 20.1. The molecule has 0 bridgehead atoms. The number of aromatic nitrogens is 3. The van der Waals surface area contributed by atoms with Gasteiger partial charge in [-0.1, -0.05) is 78.3 Å². The van der Waals surface area contributed by atoms with Crippen LogP contribution in [0.1, 0.15) is 50.8 Å². The van der Waals surface area contributed by atoms with E-state index in [4.69, 9.17) is 14.6 Å². The van der Waals surface area contributed by atoms with Gasteiger partial charge in [-0.3, -0.25) is 0 Å². The average Bonchev–Trinajstić information content (AvgIpc) is 3.25. The first-order valence-electron chi connectivity index (χ1n) is 11.7. The van der Waals surface area contributed by atoms with Gasteiger partial charge in [-0.15, -0.1) is 5.10 Å². The number of hydrogen-bond acceptors (Lipinski definition) is 7. The van der Waals surface area contributed by atoms with Gasteiger partial charge in [0.1, 0.15) is 18.4 Å². The Bertz CT molecular complexity index is 1210. The molecule has 4 rings (SSSR count). The van der Waals surface area contributed by atoms with Gasteiger partial charge in [0, 0.05) is 15.7 Å². The fourth-order valence-corrected chi connectivity index (χ4v) is 4.80. The molecule has 0 spiro atoms. The van der Waals surface area contributed by atoms with Gasteiger partial charge in [0.15, 0.2) is 0 Å². The van der Waals surface area contributed by atoms with Crippen molar-refractivity contribution in [1.82, 2.24) is 14.8 Å². The van der Waals surface area contributed by atoms with E-state index in [0.29, 0.717) is 34.7 Å². The standard InChI is InChI=1S/C26H29BrN4O3S/c1-4-6-14-33-21-13-12-19(27)15-20(21)23-22(24(32)34-16-18-10-8-7-9-11-18)17(3)28-25-29-26(35-5-2)30-31(23)25/h7-13,15,23H,4-6,14,16H2,1-3H3,(H,28,29,30). The van der Waals surface area contributed by atoms with Crippen LogP contribution in [-0.4, -0.2) is 33.1 Å². The zero-order valence-corrected chi connectivity index (χ0v) is 22.5. The first-order valence-corrected chi connectivity index (χ1v) is 13.5. The lowest BCUT2D eigenvalue weighted by Gasteiger charge is -2.29. The molecule has 1 aliphatic heterocycles. The largest absolute Gasteiger partial charge is 0.493 e. The molecular formula is C26H29BrN4O3S. The molecule has 7 nitrogen and oxygen atoms in total. The Labute approximate surface area is 218 Å². The van der Waals surface area contributed by atoms with E-state index in [1.165, 1.54) is 0 Å². The molecule has 1 atom stereocenters. The summed E-state index contributed by atoms with van der Waals surface area (Å²) in [6, 6.07) is 14.9. The molecule has 1 N–H and O–H groups in total. The molecule has 0 fully saturated rings. The third-order valence-corrected chi connectivity index (χ3v) is 6.77. The molecule has 0 radical (unpaired) electrons. The Hall–Kier alpha value is -2.78. The van der Waals surface area contributed by atoms with Crippen molar-refractivity contribution < 1.29 is 14.3 Å². The summed E-state index contributed by atoms with van der Waals surface area (Å²) in [5.41, 5.74) is 2.90. The lowest BCUT2D eigenvalue weighted by molar-refractivity contribution is -0.140. The summed E-state index contributed by atoms with van der Waals surface area (Å²) in [5, 5.41) is 8.65. The molecule has 1 aliphatic rings. The molecule has 0 saturated carbocycles. The molecular weight excluding hydrogens is 528 g/mol. The summed E-state index contributed by atoms with van der Waals surface area (Å²) >= 11 is 5.15. The van der Waals surface area contributed by atoms with E-state index in [-0.39, 0.29) is 6.61 Å². The van der Waals surface area contributed by atoms with Crippen molar-refractivity contribution in [1.29, 1.82) is 0 Å². The molecule has 184 valence electrons. The number of nitrogens with one attached hydrogen (secondary N) is 1. The van der Waals surface area contributed by atoms with Crippen molar-refractivity contribution in [3.05, 3.63) is 75.4 Å². The molecule has 0 saturated heterocycles. The zero-order chi connectivity index (χ0) is 24.8. The Morgan fingerprint density at radius 2 is 2.00 bits per heavy atom. The summed E-state index contributed by atoms with van der Waals surface area (Å²) in [6.45, 7) is 6.82. The topological polar surface area (TPSA) is 78.3 Å². The highest BCUT2D eigenvalue weighted by Crippen LogP contribution is 2.41. The Balaban J connectivity index is 1.76. The molecule has 35 heavy (non-hydrogen) atoms. The maximum absolute atomic E-state index is 13.5. The van der Waals surface area contributed by atoms with E-state index in [1.807, 2.05) is 55.5 Å². The summed E-state index contributed by atoms with van der Waals surface area (Å²) in [5.74, 6) is 1.73. The van der Waals surface area contributed by atoms with Crippen LogP contribution in [0.3, 0.4) is 0 Å². The Kier molecular flexibility index (Phi) is 8.51. The second kappa shape index (κ2) is 11.8. The third kappa shape index (κ3) is 5.90. The molecule has 0 amide bonds. The van der Waals surface area contributed by atoms with Crippen molar-refractivity contribution in [3.63, 3.8) is 0 Å². The fourth-order valence-electron chi connectivity index (χ4n) is 3.87. The van der Waals surface area contributed by atoms with Crippen molar-refractivity contribution in [3.8, 4) is 5.75 Å². The molecule has 0 aliphatic carbocycles. The minimum absolute atomic E-state index is 0.183. The van der Waals surface area contributed by atoms with Crippen molar-refractivity contribution in [2.24, 2.45) is 0 Å². The SMILES string of the molecule is CCCCOc1ccc(Br)cc1C1C(C(=O)OCc2ccccc2)=C(C)Nc2nc(SCC)nn21. The molecule has 9 heteroatoms. The highest BCUT2D eigenvalue weighted by molar-refractivity contribution is 9.10. The minimum Gasteiger partial charge on any atom is -0.493 e. The number of esters is 1. The monoisotopic (exact) mass is 556 g/mol. The van der Waals surface area contributed by atoms with Crippen LogP contribution in [0.2, 0.25) is 0 Å². The molecule has 3 aromatic rings. The van der Waals surface area contributed by atoms with E-state index in [0.717, 1.165) is 34.2 Å². The highest BCUT2D eigenvalue weighted by atomic mass is 79.9. The second-order valence-corrected chi connectivity index (χ2v) is 10.3. The number of rotatable bonds is 10. The van der Waals surface area contributed by atoms with Crippen LogP contribution in [0.25, 0.3) is 0 Å². The van der Waals surface area contributed by atoms with Crippen LogP contribution in [0, 0.1) is 0 Å². The number of benzene rings is 2. The smallest absolute Gasteiger partial charge is 0.338 e. The normalized spacial score (nSPS) is 14.9. The van der Waals surface area contributed by atoms with E-state index in [9.17, 15) is 4.79 Å². The van der Waals surface area contributed by atoms with Crippen molar-refractivity contribution in [2.45, 2.75) is 51.4 Å². The average molecular weight is 558 g/mol. The van der Waals surface area contributed by atoms with Gasteiger partial charge in [-0.2, -0.15) is 4.98 Å². The highest BCUT2D eigenvalue weighted by Gasteiger charge is 2.37. The van der Waals surface area contributed by atoms with Crippen LogP contribution in [0.5, 0.6) is 5.75 Å². The number of fused-ring (bicyclic) bond motifs is 1. The third-order valence-electron chi connectivity index (χ3n) is 5.56. The summed E-state index contributed by atoms with van der Waals surface area (Å²) in [7, 11) is 0. The second-order valence-electron chi connectivity index (χ2n) is 8.11. The number of nitrogens with zero attached hydrogens (tertiary/aromatic N) is 3. The van der Waals surface area contributed by atoms with Crippen molar-refractivity contribution >= 4 is 39.6 Å². The predicted octanol–water partition coefficient (Wildman–Crippen LogP) is 6.36. The maximum Gasteiger partial charge on any atom is 0.338 e.